The van der Waals surface area contributed by atoms with Gasteiger partial charge in [-0.15, -0.1) is 0 Å². The highest BCUT2D eigenvalue weighted by Crippen LogP contribution is 2.25. The van der Waals surface area contributed by atoms with Crippen LogP contribution in [-0.4, -0.2) is 36.5 Å². The largest absolute Gasteiger partial charge is 0.466 e. The second-order valence-electron chi connectivity index (χ2n) is 4.97. The molecule has 1 fully saturated rings. The van der Waals surface area contributed by atoms with Crippen LogP contribution in [0.5, 0.6) is 0 Å². The fraction of sp³-hybridized carbons (Fsp3) is 0.467. The lowest BCUT2D eigenvalue weighted by Crippen LogP contribution is -2.42. The number of carbonyl (C=O) groups excluding carboxylic acids is 2. The third-order valence-electron chi connectivity index (χ3n) is 3.49. The lowest BCUT2D eigenvalue weighted by atomic mass is 9.97. The summed E-state index contributed by atoms with van der Waals surface area (Å²) >= 11 is 12.0. The fourth-order valence-electron chi connectivity index (χ4n) is 2.45. The molecule has 2 rings (SSSR count). The standard InChI is InChI=1S/C15H17Cl2NO3/c1-2-21-15(20)10-4-3-7-18(9-10)14(19)12-8-11(16)5-6-13(12)17/h5-6,8,10H,2-4,7,9H2,1H3/t10-/m0/s1. The number of halogens is 2. The zero-order valence-electron chi connectivity index (χ0n) is 11.8. The number of amides is 1. The molecule has 1 atom stereocenters. The molecule has 114 valence electrons. The van der Waals surface area contributed by atoms with E-state index in [0.717, 1.165) is 12.8 Å². The summed E-state index contributed by atoms with van der Waals surface area (Å²) in [5.74, 6) is -0.704. The highest BCUT2D eigenvalue weighted by atomic mass is 35.5. The predicted octanol–water partition coefficient (Wildman–Crippen LogP) is 3.41. The van der Waals surface area contributed by atoms with Gasteiger partial charge in [0.25, 0.3) is 5.91 Å². The first-order valence-electron chi connectivity index (χ1n) is 6.94. The molecule has 1 aromatic carbocycles. The van der Waals surface area contributed by atoms with E-state index in [4.69, 9.17) is 27.9 Å². The number of carbonyl (C=O) groups is 2. The molecular formula is C15H17Cl2NO3. The molecule has 0 bridgehead atoms. The molecule has 21 heavy (non-hydrogen) atoms. The summed E-state index contributed by atoms with van der Waals surface area (Å²) in [6.07, 6.45) is 1.51. The minimum Gasteiger partial charge on any atom is -0.466 e. The van der Waals surface area contributed by atoms with Crippen molar-refractivity contribution in [1.82, 2.24) is 4.90 Å². The summed E-state index contributed by atoms with van der Waals surface area (Å²) in [5.41, 5.74) is 0.369. The summed E-state index contributed by atoms with van der Waals surface area (Å²) in [5, 5.41) is 0.823. The average molecular weight is 330 g/mol. The van der Waals surface area contributed by atoms with Crippen molar-refractivity contribution in [3.05, 3.63) is 33.8 Å². The van der Waals surface area contributed by atoms with Gasteiger partial charge in [0.15, 0.2) is 0 Å². The van der Waals surface area contributed by atoms with E-state index >= 15 is 0 Å². The lowest BCUT2D eigenvalue weighted by molar-refractivity contribution is -0.149. The van der Waals surface area contributed by atoms with Gasteiger partial charge in [-0.05, 0) is 38.0 Å². The Balaban J connectivity index is 2.12. The van der Waals surface area contributed by atoms with Crippen LogP contribution in [0, 0.1) is 5.92 Å². The molecule has 1 amide bonds. The normalized spacial score (nSPS) is 18.4. The minimum absolute atomic E-state index is 0.198. The van der Waals surface area contributed by atoms with Gasteiger partial charge in [0.05, 0.1) is 23.1 Å². The number of likely N-dealkylation sites (tertiary alicyclic amines) is 1. The zero-order chi connectivity index (χ0) is 15.4. The Bertz CT molecular complexity index is 548. The first-order valence-corrected chi connectivity index (χ1v) is 7.69. The van der Waals surface area contributed by atoms with Crippen molar-refractivity contribution in [2.45, 2.75) is 19.8 Å². The maximum absolute atomic E-state index is 12.5. The molecule has 1 heterocycles. The van der Waals surface area contributed by atoms with E-state index in [-0.39, 0.29) is 17.8 Å². The number of hydrogen-bond acceptors (Lipinski definition) is 3. The van der Waals surface area contributed by atoms with Gasteiger partial charge in [-0.3, -0.25) is 9.59 Å². The van der Waals surface area contributed by atoms with Gasteiger partial charge < -0.3 is 9.64 Å². The smallest absolute Gasteiger partial charge is 0.310 e. The van der Waals surface area contributed by atoms with E-state index in [1.54, 1.807) is 30.0 Å². The van der Waals surface area contributed by atoms with Gasteiger partial charge in [0, 0.05) is 18.1 Å². The molecule has 0 aliphatic carbocycles. The van der Waals surface area contributed by atoms with Crippen LogP contribution in [0.15, 0.2) is 18.2 Å². The van der Waals surface area contributed by atoms with E-state index in [2.05, 4.69) is 0 Å². The average Bonchev–Trinajstić information content (AvgIpc) is 2.49. The zero-order valence-corrected chi connectivity index (χ0v) is 13.3. The fourth-order valence-corrected chi connectivity index (χ4v) is 2.82. The maximum atomic E-state index is 12.5. The number of hydrogen-bond donors (Lipinski definition) is 0. The van der Waals surface area contributed by atoms with Gasteiger partial charge in [0.1, 0.15) is 0 Å². The predicted molar refractivity (Wildman–Crippen MR) is 81.7 cm³/mol. The Hall–Kier alpha value is -1.26. The highest BCUT2D eigenvalue weighted by Gasteiger charge is 2.30. The van der Waals surface area contributed by atoms with Gasteiger partial charge in [0.2, 0.25) is 0 Å². The second-order valence-corrected chi connectivity index (χ2v) is 5.81. The van der Waals surface area contributed by atoms with Gasteiger partial charge >= 0.3 is 5.97 Å². The maximum Gasteiger partial charge on any atom is 0.310 e. The van der Waals surface area contributed by atoms with Crippen LogP contribution in [0.3, 0.4) is 0 Å². The van der Waals surface area contributed by atoms with Crippen LogP contribution in [0.2, 0.25) is 10.0 Å². The molecule has 1 aliphatic rings. The number of piperidine rings is 1. The molecule has 6 heteroatoms. The van der Waals surface area contributed by atoms with E-state index < -0.39 is 0 Å². The topological polar surface area (TPSA) is 46.6 Å². The molecule has 0 radical (unpaired) electrons. The van der Waals surface area contributed by atoms with E-state index in [1.807, 2.05) is 0 Å². The van der Waals surface area contributed by atoms with Crippen molar-refractivity contribution in [2.24, 2.45) is 5.92 Å². The third kappa shape index (κ3) is 3.89. The molecule has 0 spiro atoms. The molecule has 1 saturated heterocycles. The monoisotopic (exact) mass is 329 g/mol. The van der Waals surface area contributed by atoms with E-state index in [0.29, 0.717) is 35.3 Å². The Morgan fingerprint density at radius 1 is 1.38 bits per heavy atom. The lowest BCUT2D eigenvalue weighted by Gasteiger charge is -2.31. The van der Waals surface area contributed by atoms with Crippen molar-refractivity contribution < 1.29 is 14.3 Å². The van der Waals surface area contributed by atoms with Crippen LogP contribution in [0.4, 0.5) is 0 Å². The Morgan fingerprint density at radius 3 is 2.86 bits per heavy atom. The van der Waals surface area contributed by atoms with Crippen molar-refractivity contribution in [3.8, 4) is 0 Å². The number of nitrogens with zero attached hydrogens (tertiary/aromatic N) is 1. The summed E-state index contributed by atoms with van der Waals surface area (Å²) in [6.45, 7) is 3.09. The van der Waals surface area contributed by atoms with Crippen LogP contribution >= 0.6 is 23.2 Å². The van der Waals surface area contributed by atoms with Crippen LogP contribution in [-0.2, 0) is 9.53 Å². The number of esters is 1. The summed E-state index contributed by atoms with van der Waals surface area (Å²) < 4.78 is 5.03. The van der Waals surface area contributed by atoms with Crippen molar-refractivity contribution >= 4 is 35.1 Å². The molecule has 0 unspecified atom stereocenters. The van der Waals surface area contributed by atoms with Crippen LogP contribution in [0.1, 0.15) is 30.1 Å². The molecule has 0 saturated carbocycles. The third-order valence-corrected chi connectivity index (χ3v) is 4.05. The van der Waals surface area contributed by atoms with Crippen molar-refractivity contribution in [1.29, 1.82) is 0 Å². The molecule has 1 aliphatic heterocycles. The summed E-state index contributed by atoms with van der Waals surface area (Å²) in [6, 6.07) is 4.79. The number of ether oxygens (including phenoxy) is 1. The Labute approximate surface area is 134 Å². The summed E-state index contributed by atoms with van der Waals surface area (Å²) in [4.78, 5) is 26.0. The summed E-state index contributed by atoms with van der Waals surface area (Å²) in [7, 11) is 0. The Kier molecular flexibility index (Phi) is 5.48. The van der Waals surface area contributed by atoms with Crippen molar-refractivity contribution in [2.75, 3.05) is 19.7 Å². The van der Waals surface area contributed by atoms with E-state index in [9.17, 15) is 9.59 Å². The van der Waals surface area contributed by atoms with Gasteiger partial charge in [-0.2, -0.15) is 0 Å². The van der Waals surface area contributed by atoms with Gasteiger partial charge in [-0.25, -0.2) is 0 Å². The van der Waals surface area contributed by atoms with Crippen LogP contribution < -0.4 is 0 Å². The SMILES string of the molecule is CCOC(=O)[C@H]1CCCN(C(=O)c2cc(Cl)ccc2Cl)C1. The van der Waals surface area contributed by atoms with Gasteiger partial charge in [-0.1, -0.05) is 23.2 Å². The second kappa shape index (κ2) is 7.14. The molecule has 0 N–H and O–H groups in total. The number of benzene rings is 1. The minimum atomic E-state index is -0.263. The number of rotatable bonds is 3. The Morgan fingerprint density at radius 2 is 2.14 bits per heavy atom. The highest BCUT2D eigenvalue weighted by molar-refractivity contribution is 6.35. The molecule has 4 nitrogen and oxygen atoms in total. The van der Waals surface area contributed by atoms with E-state index in [1.165, 1.54) is 0 Å². The quantitative estimate of drug-likeness (QED) is 0.798. The first kappa shape index (κ1) is 16.1. The molecular weight excluding hydrogens is 313 g/mol. The molecule has 1 aromatic rings. The van der Waals surface area contributed by atoms with Crippen molar-refractivity contribution in [3.63, 3.8) is 0 Å². The molecule has 0 aromatic heterocycles. The first-order chi connectivity index (χ1) is 10.0. The van der Waals surface area contributed by atoms with Crippen LogP contribution in [0.25, 0.3) is 0 Å².